The van der Waals surface area contributed by atoms with Crippen molar-refractivity contribution in [3.63, 3.8) is 0 Å². The quantitative estimate of drug-likeness (QED) is 0.846. The first-order chi connectivity index (χ1) is 10.6. The Labute approximate surface area is 128 Å². The van der Waals surface area contributed by atoms with E-state index in [1.807, 2.05) is 19.9 Å². The fourth-order valence-electron chi connectivity index (χ4n) is 2.48. The molecular weight excluding hydrogens is 282 g/mol. The van der Waals surface area contributed by atoms with E-state index in [-0.39, 0.29) is 12.0 Å². The van der Waals surface area contributed by atoms with Crippen LogP contribution in [0.4, 0.5) is 0 Å². The first kappa shape index (κ1) is 14.4. The summed E-state index contributed by atoms with van der Waals surface area (Å²) < 4.78 is 5.80. The minimum absolute atomic E-state index is 0.0955. The highest BCUT2D eigenvalue weighted by Gasteiger charge is 2.29. The predicted octanol–water partition coefficient (Wildman–Crippen LogP) is 1.18. The first-order valence-electron chi connectivity index (χ1n) is 7.16. The summed E-state index contributed by atoms with van der Waals surface area (Å²) >= 11 is 0. The number of carbonyl (C=O) groups is 1. The molecule has 3 rings (SSSR count). The second-order valence-corrected chi connectivity index (χ2v) is 5.30. The average molecular weight is 299 g/mol. The number of hydrogen-bond donors (Lipinski definition) is 0. The van der Waals surface area contributed by atoms with Gasteiger partial charge in [0.05, 0.1) is 12.7 Å². The van der Waals surface area contributed by atoms with Gasteiger partial charge in [-0.2, -0.15) is 0 Å². The molecule has 0 radical (unpaired) electrons. The van der Waals surface area contributed by atoms with Gasteiger partial charge in [-0.1, -0.05) is 0 Å². The first-order valence-corrected chi connectivity index (χ1v) is 7.16. The Hall–Kier alpha value is -2.57. The molecule has 1 atom stereocenters. The number of rotatable bonds is 3. The molecule has 1 aliphatic rings. The minimum atomic E-state index is -0.124. The van der Waals surface area contributed by atoms with Crippen LogP contribution in [-0.2, 0) is 0 Å². The highest BCUT2D eigenvalue weighted by atomic mass is 16.5. The van der Waals surface area contributed by atoms with Crippen LogP contribution < -0.4 is 4.74 Å². The number of carbonyl (C=O) groups excluding carboxylic acids is 1. The van der Waals surface area contributed by atoms with Crippen LogP contribution in [0, 0.1) is 13.8 Å². The van der Waals surface area contributed by atoms with Gasteiger partial charge in [0.1, 0.15) is 11.8 Å². The molecule has 2 aromatic heterocycles. The third kappa shape index (κ3) is 3.19. The molecule has 0 bridgehead atoms. The zero-order valence-electron chi connectivity index (χ0n) is 12.6. The normalized spacial score (nSPS) is 17.5. The Morgan fingerprint density at radius 2 is 2.05 bits per heavy atom. The molecule has 7 nitrogen and oxygen atoms in total. The summed E-state index contributed by atoms with van der Waals surface area (Å²) in [7, 11) is 0. The number of ether oxygens (including phenoxy) is 1. The summed E-state index contributed by atoms with van der Waals surface area (Å²) in [5.74, 6) is -0.124. The predicted molar refractivity (Wildman–Crippen MR) is 78.5 cm³/mol. The monoisotopic (exact) mass is 299 g/mol. The molecule has 0 unspecified atom stereocenters. The van der Waals surface area contributed by atoms with E-state index < -0.39 is 0 Å². The summed E-state index contributed by atoms with van der Waals surface area (Å²) in [4.78, 5) is 30.5. The van der Waals surface area contributed by atoms with Gasteiger partial charge in [0.25, 0.3) is 5.91 Å². The van der Waals surface area contributed by atoms with Gasteiger partial charge in [0, 0.05) is 36.7 Å². The largest absolute Gasteiger partial charge is 0.458 e. The number of amides is 1. The number of aromatic nitrogens is 4. The topological polar surface area (TPSA) is 81.1 Å². The van der Waals surface area contributed by atoms with Crippen molar-refractivity contribution in [3.05, 3.63) is 41.7 Å². The lowest BCUT2D eigenvalue weighted by atomic mass is 10.3. The molecule has 0 N–H and O–H groups in total. The Kier molecular flexibility index (Phi) is 3.95. The van der Waals surface area contributed by atoms with E-state index >= 15 is 0 Å². The van der Waals surface area contributed by atoms with Crippen LogP contribution in [0.25, 0.3) is 0 Å². The van der Waals surface area contributed by atoms with E-state index in [2.05, 4.69) is 19.9 Å². The molecule has 0 aliphatic carbocycles. The Bertz CT molecular complexity index is 657. The van der Waals surface area contributed by atoms with Crippen molar-refractivity contribution in [3.8, 4) is 6.01 Å². The van der Waals surface area contributed by atoms with E-state index in [0.29, 0.717) is 24.8 Å². The molecule has 114 valence electrons. The van der Waals surface area contributed by atoms with Gasteiger partial charge in [0.2, 0.25) is 0 Å². The lowest BCUT2D eigenvalue weighted by molar-refractivity contribution is 0.0763. The Morgan fingerprint density at radius 3 is 2.73 bits per heavy atom. The van der Waals surface area contributed by atoms with Gasteiger partial charge in [0.15, 0.2) is 0 Å². The van der Waals surface area contributed by atoms with Crippen molar-refractivity contribution in [1.82, 2.24) is 24.8 Å². The summed E-state index contributed by atoms with van der Waals surface area (Å²) in [5, 5.41) is 0. The third-order valence-corrected chi connectivity index (χ3v) is 3.45. The van der Waals surface area contributed by atoms with Crippen molar-refractivity contribution < 1.29 is 9.53 Å². The fourth-order valence-corrected chi connectivity index (χ4v) is 2.48. The molecule has 1 saturated heterocycles. The maximum Gasteiger partial charge on any atom is 0.317 e. The van der Waals surface area contributed by atoms with Gasteiger partial charge in [-0.25, -0.2) is 15.0 Å². The molecule has 2 aromatic rings. The van der Waals surface area contributed by atoms with Gasteiger partial charge < -0.3 is 9.64 Å². The third-order valence-electron chi connectivity index (χ3n) is 3.45. The molecule has 1 fully saturated rings. The molecule has 1 aliphatic heterocycles. The van der Waals surface area contributed by atoms with Gasteiger partial charge >= 0.3 is 6.01 Å². The molecule has 1 amide bonds. The van der Waals surface area contributed by atoms with Crippen molar-refractivity contribution in [1.29, 1.82) is 0 Å². The van der Waals surface area contributed by atoms with E-state index in [1.54, 1.807) is 11.1 Å². The van der Waals surface area contributed by atoms with Crippen LogP contribution in [0.3, 0.4) is 0 Å². The second kappa shape index (κ2) is 6.05. The molecule has 0 aromatic carbocycles. The number of hydrogen-bond acceptors (Lipinski definition) is 6. The molecule has 3 heterocycles. The smallest absolute Gasteiger partial charge is 0.317 e. The van der Waals surface area contributed by atoms with Crippen LogP contribution in [0.5, 0.6) is 6.01 Å². The summed E-state index contributed by atoms with van der Waals surface area (Å²) in [6.07, 6.45) is 5.19. The number of aryl methyl sites for hydroxylation is 2. The lowest BCUT2D eigenvalue weighted by Crippen LogP contribution is -2.31. The van der Waals surface area contributed by atoms with E-state index in [0.717, 1.165) is 17.8 Å². The Balaban J connectivity index is 1.64. The van der Waals surface area contributed by atoms with Crippen molar-refractivity contribution >= 4 is 5.91 Å². The van der Waals surface area contributed by atoms with Crippen LogP contribution in [0.15, 0.2) is 24.7 Å². The van der Waals surface area contributed by atoms with Crippen LogP contribution >= 0.6 is 0 Å². The molecule has 0 spiro atoms. The maximum atomic E-state index is 12.3. The molecule has 0 saturated carbocycles. The summed E-state index contributed by atoms with van der Waals surface area (Å²) in [5.41, 5.74) is 2.09. The van der Waals surface area contributed by atoms with Crippen LogP contribution in [-0.4, -0.2) is 49.9 Å². The average Bonchev–Trinajstić information content (AvgIpc) is 2.95. The number of likely N-dealkylation sites (tertiary alicyclic amines) is 1. The van der Waals surface area contributed by atoms with E-state index in [1.165, 1.54) is 12.4 Å². The zero-order chi connectivity index (χ0) is 15.5. The van der Waals surface area contributed by atoms with E-state index in [4.69, 9.17) is 4.74 Å². The fraction of sp³-hybridized carbons (Fsp3) is 0.400. The van der Waals surface area contributed by atoms with Crippen molar-refractivity contribution in [2.75, 3.05) is 13.1 Å². The van der Waals surface area contributed by atoms with Crippen molar-refractivity contribution in [2.45, 2.75) is 26.4 Å². The van der Waals surface area contributed by atoms with Gasteiger partial charge in [-0.3, -0.25) is 9.78 Å². The minimum Gasteiger partial charge on any atom is -0.458 e. The highest BCUT2D eigenvalue weighted by Crippen LogP contribution is 2.17. The molecule has 22 heavy (non-hydrogen) atoms. The van der Waals surface area contributed by atoms with Crippen LogP contribution in [0.1, 0.15) is 28.3 Å². The SMILES string of the molecule is Cc1cc(C)nc(O[C@@H]2CCN(C(=O)c3cnccn3)C2)n1. The second-order valence-electron chi connectivity index (χ2n) is 5.30. The summed E-state index contributed by atoms with van der Waals surface area (Å²) in [6.45, 7) is 4.94. The molecular formula is C15H17N5O2. The summed E-state index contributed by atoms with van der Waals surface area (Å²) in [6, 6.07) is 2.27. The van der Waals surface area contributed by atoms with E-state index in [9.17, 15) is 4.79 Å². The van der Waals surface area contributed by atoms with Crippen LogP contribution in [0.2, 0.25) is 0 Å². The molecule has 7 heteroatoms. The van der Waals surface area contributed by atoms with Gasteiger partial charge in [-0.05, 0) is 19.9 Å². The zero-order valence-corrected chi connectivity index (χ0v) is 12.6. The van der Waals surface area contributed by atoms with Crippen molar-refractivity contribution in [2.24, 2.45) is 0 Å². The van der Waals surface area contributed by atoms with Gasteiger partial charge in [-0.15, -0.1) is 0 Å². The number of nitrogens with zero attached hydrogens (tertiary/aromatic N) is 5. The Morgan fingerprint density at radius 1 is 1.27 bits per heavy atom. The highest BCUT2D eigenvalue weighted by molar-refractivity contribution is 5.92. The maximum absolute atomic E-state index is 12.3. The lowest BCUT2D eigenvalue weighted by Gasteiger charge is -2.16. The standard InChI is InChI=1S/C15H17N5O2/c1-10-7-11(2)19-15(18-10)22-12-3-6-20(9-12)14(21)13-8-16-4-5-17-13/h4-5,7-8,12H,3,6,9H2,1-2H3/t12-/m1/s1.